The van der Waals surface area contributed by atoms with Crippen molar-refractivity contribution in [1.82, 2.24) is 0 Å². The number of amides is 1. The van der Waals surface area contributed by atoms with Crippen LogP contribution in [0.3, 0.4) is 0 Å². The Hall–Kier alpha value is -2.04. The zero-order valence-corrected chi connectivity index (χ0v) is 10.5. The summed E-state index contributed by atoms with van der Waals surface area (Å²) in [4.78, 5) is 22.5. The molecule has 0 aliphatic heterocycles. The maximum atomic E-state index is 11.7. The molecule has 5 nitrogen and oxygen atoms in total. The average Bonchev–Trinajstić information content (AvgIpc) is 2.36. The Morgan fingerprint density at radius 3 is 2.39 bits per heavy atom. The van der Waals surface area contributed by atoms with Gasteiger partial charge in [0.2, 0.25) is 0 Å². The molecular weight excluding hydrogens is 234 g/mol. The van der Waals surface area contributed by atoms with E-state index in [0.29, 0.717) is 12.2 Å². The average molecular weight is 251 g/mol. The van der Waals surface area contributed by atoms with Gasteiger partial charge >= 0.3 is 5.97 Å². The Morgan fingerprint density at radius 1 is 1.28 bits per heavy atom. The summed E-state index contributed by atoms with van der Waals surface area (Å²) >= 11 is 0. The first-order valence-electron chi connectivity index (χ1n) is 5.76. The Labute approximate surface area is 106 Å². The summed E-state index contributed by atoms with van der Waals surface area (Å²) in [5.74, 6) is -0.696. The number of ether oxygens (including phenoxy) is 2. The standard InChI is InChI=1S/C13H17NO4/c1-3-11(13(16)17-9(2)12(14)15)18-10-7-5-4-6-8-10/h4-9,11H,3H2,1-2H3,(H2,14,15)/t9-,11-/m1/s1. The van der Waals surface area contributed by atoms with Gasteiger partial charge in [-0.25, -0.2) is 4.79 Å². The molecule has 0 heterocycles. The molecule has 0 unspecified atom stereocenters. The van der Waals surface area contributed by atoms with Crippen LogP contribution in [0.2, 0.25) is 0 Å². The van der Waals surface area contributed by atoms with Gasteiger partial charge in [0.25, 0.3) is 5.91 Å². The summed E-state index contributed by atoms with van der Waals surface area (Å²) in [5, 5.41) is 0. The van der Waals surface area contributed by atoms with Gasteiger partial charge < -0.3 is 15.2 Å². The monoisotopic (exact) mass is 251 g/mol. The highest BCUT2D eigenvalue weighted by Gasteiger charge is 2.24. The van der Waals surface area contributed by atoms with Gasteiger partial charge in [-0.2, -0.15) is 0 Å². The van der Waals surface area contributed by atoms with E-state index in [0.717, 1.165) is 0 Å². The zero-order valence-electron chi connectivity index (χ0n) is 10.5. The summed E-state index contributed by atoms with van der Waals surface area (Å²) < 4.78 is 10.4. The number of esters is 1. The van der Waals surface area contributed by atoms with Crippen LogP contribution in [-0.2, 0) is 14.3 Å². The van der Waals surface area contributed by atoms with Crippen LogP contribution in [0, 0.1) is 0 Å². The predicted molar refractivity (Wildman–Crippen MR) is 65.9 cm³/mol. The molecule has 98 valence electrons. The van der Waals surface area contributed by atoms with E-state index in [1.807, 2.05) is 6.07 Å². The third-order valence-electron chi connectivity index (χ3n) is 2.35. The number of carbonyl (C=O) groups is 2. The van der Waals surface area contributed by atoms with Gasteiger partial charge in [0, 0.05) is 0 Å². The molecule has 0 aliphatic carbocycles. The minimum atomic E-state index is -0.953. The number of para-hydroxylation sites is 1. The van der Waals surface area contributed by atoms with Crippen molar-refractivity contribution in [3.05, 3.63) is 30.3 Å². The molecular formula is C13H17NO4. The van der Waals surface area contributed by atoms with Crippen molar-refractivity contribution in [2.75, 3.05) is 0 Å². The lowest BCUT2D eigenvalue weighted by atomic mass is 10.2. The summed E-state index contributed by atoms with van der Waals surface area (Å²) in [6.45, 7) is 3.22. The third-order valence-corrected chi connectivity index (χ3v) is 2.35. The molecule has 2 N–H and O–H groups in total. The van der Waals surface area contributed by atoms with Crippen molar-refractivity contribution < 1.29 is 19.1 Å². The van der Waals surface area contributed by atoms with Crippen molar-refractivity contribution in [2.45, 2.75) is 32.5 Å². The second-order valence-electron chi connectivity index (χ2n) is 3.81. The number of rotatable bonds is 6. The van der Waals surface area contributed by atoms with E-state index in [1.165, 1.54) is 6.92 Å². The number of carbonyl (C=O) groups excluding carboxylic acids is 2. The quantitative estimate of drug-likeness (QED) is 0.772. The Kier molecular flexibility index (Phi) is 5.17. The first kappa shape index (κ1) is 14.0. The van der Waals surface area contributed by atoms with Crippen LogP contribution in [0.4, 0.5) is 0 Å². The topological polar surface area (TPSA) is 78.6 Å². The molecule has 0 saturated carbocycles. The molecule has 2 atom stereocenters. The SMILES string of the molecule is CC[C@@H](Oc1ccccc1)C(=O)O[C@H](C)C(N)=O. The highest BCUT2D eigenvalue weighted by Crippen LogP contribution is 2.13. The molecule has 5 heteroatoms. The largest absolute Gasteiger partial charge is 0.479 e. The smallest absolute Gasteiger partial charge is 0.348 e. The molecule has 1 amide bonds. The van der Waals surface area contributed by atoms with Gasteiger partial charge in [-0.3, -0.25) is 4.79 Å². The molecule has 18 heavy (non-hydrogen) atoms. The van der Waals surface area contributed by atoms with Crippen molar-refractivity contribution in [3.8, 4) is 5.75 Å². The van der Waals surface area contributed by atoms with E-state index in [1.54, 1.807) is 31.2 Å². The van der Waals surface area contributed by atoms with Gasteiger partial charge in [-0.1, -0.05) is 25.1 Å². The molecule has 1 rings (SSSR count). The third kappa shape index (κ3) is 4.08. The van der Waals surface area contributed by atoms with E-state index < -0.39 is 24.1 Å². The Morgan fingerprint density at radius 2 is 1.89 bits per heavy atom. The normalized spacial score (nSPS) is 13.4. The summed E-state index contributed by atoms with van der Waals surface area (Å²) in [7, 11) is 0. The lowest BCUT2D eigenvalue weighted by Crippen LogP contribution is -2.36. The molecule has 0 radical (unpaired) electrons. The fraction of sp³-hybridized carbons (Fsp3) is 0.385. The van der Waals surface area contributed by atoms with E-state index in [2.05, 4.69) is 0 Å². The van der Waals surface area contributed by atoms with Crippen molar-refractivity contribution in [3.63, 3.8) is 0 Å². The maximum absolute atomic E-state index is 11.7. The van der Waals surface area contributed by atoms with Crippen LogP contribution in [0.15, 0.2) is 30.3 Å². The molecule has 0 bridgehead atoms. The van der Waals surface area contributed by atoms with Crippen molar-refractivity contribution >= 4 is 11.9 Å². The predicted octanol–water partition coefficient (Wildman–Crippen LogP) is 1.26. The van der Waals surface area contributed by atoms with E-state index in [4.69, 9.17) is 15.2 Å². The lowest BCUT2D eigenvalue weighted by molar-refractivity contribution is -0.160. The molecule has 0 aliphatic rings. The van der Waals surface area contributed by atoms with E-state index in [-0.39, 0.29) is 0 Å². The van der Waals surface area contributed by atoms with Gasteiger partial charge in [-0.15, -0.1) is 0 Å². The number of nitrogens with two attached hydrogens (primary N) is 1. The minimum absolute atomic E-state index is 0.444. The molecule has 0 aromatic heterocycles. The van der Waals surface area contributed by atoms with E-state index >= 15 is 0 Å². The Bertz CT molecular complexity index is 405. The second-order valence-corrected chi connectivity index (χ2v) is 3.81. The first-order valence-corrected chi connectivity index (χ1v) is 5.76. The lowest BCUT2D eigenvalue weighted by Gasteiger charge is -2.18. The van der Waals surface area contributed by atoms with Gasteiger partial charge in [-0.05, 0) is 25.5 Å². The molecule has 0 fully saturated rings. The van der Waals surface area contributed by atoms with Crippen LogP contribution in [0.1, 0.15) is 20.3 Å². The van der Waals surface area contributed by atoms with Crippen LogP contribution in [0.5, 0.6) is 5.75 Å². The summed E-state index contributed by atoms with van der Waals surface area (Å²) in [6.07, 6.45) is -1.25. The zero-order chi connectivity index (χ0) is 13.5. The van der Waals surface area contributed by atoms with Gasteiger partial charge in [0.05, 0.1) is 0 Å². The van der Waals surface area contributed by atoms with Crippen LogP contribution >= 0.6 is 0 Å². The highest BCUT2D eigenvalue weighted by atomic mass is 16.6. The molecule has 0 spiro atoms. The van der Waals surface area contributed by atoms with Crippen LogP contribution in [0.25, 0.3) is 0 Å². The maximum Gasteiger partial charge on any atom is 0.348 e. The molecule has 1 aromatic rings. The van der Waals surface area contributed by atoms with Crippen LogP contribution in [-0.4, -0.2) is 24.1 Å². The summed E-state index contributed by atoms with van der Waals surface area (Å²) in [5.41, 5.74) is 5.02. The number of hydrogen-bond acceptors (Lipinski definition) is 4. The molecule has 0 saturated heterocycles. The highest BCUT2D eigenvalue weighted by molar-refractivity contribution is 5.83. The van der Waals surface area contributed by atoms with Crippen LogP contribution < -0.4 is 10.5 Å². The van der Waals surface area contributed by atoms with Crippen molar-refractivity contribution in [1.29, 1.82) is 0 Å². The van der Waals surface area contributed by atoms with E-state index in [9.17, 15) is 9.59 Å². The Balaban J connectivity index is 2.61. The van der Waals surface area contributed by atoms with Gasteiger partial charge in [0.15, 0.2) is 12.2 Å². The number of benzene rings is 1. The second kappa shape index (κ2) is 6.64. The summed E-state index contributed by atoms with van der Waals surface area (Å²) in [6, 6.07) is 8.95. The minimum Gasteiger partial charge on any atom is -0.479 e. The van der Waals surface area contributed by atoms with Gasteiger partial charge in [0.1, 0.15) is 5.75 Å². The number of primary amides is 1. The fourth-order valence-corrected chi connectivity index (χ4v) is 1.27. The fourth-order valence-electron chi connectivity index (χ4n) is 1.27. The number of hydrogen-bond donors (Lipinski definition) is 1. The first-order chi connectivity index (χ1) is 8.54. The van der Waals surface area contributed by atoms with Crippen molar-refractivity contribution in [2.24, 2.45) is 5.73 Å². The molecule has 1 aromatic carbocycles.